The van der Waals surface area contributed by atoms with Crippen molar-refractivity contribution in [3.8, 4) is 0 Å². The fourth-order valence-electron chi connectivity index (χ4n) is 4.79. The molecule has 0 radical (unpaired) electrons. The molecular formula is C17H33N5O2. The van der Waals surface area contributed by atoms with Crippen molar-refractivity contribution in [2.24, 2.45) is 5.92 Å². The summed E-state index contributed by atoms with van der Waals surface area (Å²) >= 11 is 0. The highest BCUT2D eigenvalue weighted by molar-refractivity contribution is 5.03. The highest BCUT2D eigenvalue weighted by Crippen LogP contribution is 2.34. The van der Waals surface area contributed by atoms with Crippen LogP contribution in [-0.2, 0) is 9.47 Å². The SMILES string of the molecule is C[C@@H]1CCNCOCC2CNCC(N2)C2NNC3CCC(CC32)O1. The van der Waals surface area contributed by atoms with Gasteiger partial charge in [-0.1, -0.05) is 0 Å². The number of ether oxygens (including phenoxy) is 2. The lowest BCUT2D eigenvalue weighted by Gasteiger charge is -2.40. The van der Waals surface area contributed by atoms with Gasteiger partial charge in [0.1, 0.15) is 0 Å². The molecule has 7 nitrogen and oxygen atoms in total. The minimum Gasteiger partial charge on any atom is -0.375 e. The number of hydrogen-bond acceptors (Lipinski definition) is 7. The molecule has 4 rings (SSSR count). The van der Waals surface area contributed by atoms with Crippen LogP contribution in [0.3, 0.4) is 0 Å². The summed E-state index contributed by atoms with van der Waals surface area (Å²) in [6.45, 7) is 6.51. The molecule has 3 heterocycles. The minimum atomic E-state index is 0.309. The van der Waals surface area contributed by atoms with E-state index in [1.54, 1.807) is 0 Å². The third-order valence-corrected chi connectivity index (χ3v) is 6.06. The van der Waals surface area contributed by atoms with E-state index >= 15 is 0 Å². The van der Waals surface area contributed by atoms with Crippen molar-refractivity contribution in [2.75, 3.05) is 33.0 Å². The van der Waals surface area contributed by atoms with Crippen LogP contribution in [0.2, 0.25) is 0 Å². The molecule has 3 saturated heterocycles. The van der Waals surface area contributed by atoms with Crippen molar-refractivity contribution >= 4 is 0 Å². The predicted octanol–water partition coefficient (Wildman–Crippen LogP) is -0.697. The van der Waals surface area contributed by atoms with E-state index in [-0.39, 0.29) is 0 Å². The summed E-state index contributed by atoms with van der Waals surface area (Å²) in [6, 6.07) is 1.85. The molecule has 4 fully saturated rings. The number of rotatable bonds is 0. The number of fused-ring (bicyclic) bond motifs is 4. The van der Waals surface area contributed by atoms with Crippen LogP contribution in [0.25, 0.3) is 0 Å². The first-order valence-corrected chi connectivity index (χ1v) is 9.71. The van der Waals surface area contributed by atoms with Crippen molar-refractivity contribution in [2.45, 2.75) is 69.0 Å². The Hall–Kier alpha value is -0.280. The summed E-state index contributed by atoms with van der Waals surface area (Å²) in [6.07, 6.45) is 5.29. The fourth-order valence-corrected chi connectivity index (χ4v) is 4.79. The predicted molar refractivity (Wildman–Crippen MR) is 92.5 cm³/mol. The number of hydrogen-bond donors (Lipinski definition) is 5. The van der Waals surface area contributed by atoms with Crippen LogP contribution in [0, 0.1) is 5.92 Å². The number of hydrazine groups is 1. The van der Waals surface area contributed by atoms with Crippen LogP contribution in [0.15, 0.2) is 0 Å². The molecule has 3 aliphatic heterocycles. The first kappa shape index (κ1) is 17.1. The Morgan fingerprint density at radius 1 is 0.958 bits per heavy atom. The Morgan fingerprint density at radius 2 is 1.92 bits per heavy atom. The van der Waals surface area contributed by atoms with Crippen LogP contribution < -0.4 is 26.8 Å². The van der Waals surface area contributed by atoms with Gasteiger partial charge in [0.2, 0.25) is 0 Å². The zero-order chi connectivity index (χ0) is 16.4. The highest BCUT2D eigenvalue weighted by atomic mass is 16.5. The molecule has 7 atom stereocenters. The van der Waals surface area contributed by atoms with Crippen molar-refractivity contribution in [3.05, 3.63) is 0 Å². The van der Waals surface area contributed by atoms with Gasteiger partial charge in [0.15, 0.2) is 0 Å². The largest absolute Gasteiger partial charge is 0.375 e. The van der Waals surface area contributed by atoms with Crippen molar-refractivity contribution in [3.63, 3.8) is 0 Å². The normalized spacial score (nSPS) is 47.6. The molecule has 24 heavy (non-hydrogen) atoms. The average Bonchev–Trinajstić information content (AvgIpc) is 3.01. The maximum absolute atomic E-state index is 6.35. The van der Waals surface area contributed by atoms with Crippen molar-refractivity contribution in [1.82, 2.24) is 26.8 Å². The van der Waals surface area contributed by atoms with Crippen molar-refractivity contribution in [1.29, 1.82) is 0 Å². The summed E-state index contributed by atoms with van der Waals surface area (Å²) in [5, 5.41) is 10.8. The maximum Gasteiger partial charge on any atom is 0.0966 e. The lowest BCUT2D eigenvalue weighted by Crippen LogP contribution is -2.63. The summed E-state index contributed by atoms with van der Waals surface area (Å²) in [5.41, 5.74) is 7.13. The smallest absolute Gasteiger partial charge is 0.0966 e. The monoisotopic (exact) mass is 339 g/mol. The molecule has 138 valence electrons. The molecule has 1 aliphatic carbocycles. The fraction of sp³-hybridized carbons (Fsp3) is 1.00. The minimum absolute atomic E-state index is 0.309. The topological polar surface area (TPSA) is 78.6 Å². The quantitative estimate of drug-likeness (QED) is 0.400. The van der Waals surface area contributed by atoms with Crippen LogP contribution in [0.5, 0.6) is 0 Å². The van der Waals surface area contributed by atoms with Gasteiger partial charge in [-0.25, -0.2) is 0 Å². The van der Waals surface area contributed by atoms with Gasteiger partial charge >= 0.3 is 0 Å². The molecule has 4 bridgehead atoms. The van der Waals surface area contributed by atoms with E-state index in [0.717, 1.165) is 39.1 Å². The number of nitrogens with one attached hydrogen (secondary N) is 5. The lowest BCUT2D eigenvalue weighted by molar-refractivity contribution is -0.0392. The zero-order valence-corrected chi connectivity index (χ0v) is 14.7. The third-order valence-electron chi connectivity index (χ3n) is 6.06. The molecule has 0 aromatic heterocycles. The first-order chi connectivity index (χ1) is 11.8. The van der Waals surface area contributed by atoms with Gasteiger partial charge in [-0.15, -0.1) is 0 Å². The van der Waals surface area contributed by atoms with E-state index in [2.05, 4.69) is 33.7 Å². The molecule has 6 unspecified atom stereocenters. The molecule has 7 heteroatoms. The third kappa shape index (κ3) is 3.93. The van der Waals surface area contributed by atoms with Gasteiger partial charge in [-0.2, -0.15) is 0 Å². The number of piperazine rings is 1. The summed E-state index contributed by atoms with van der Waals surface area (Å²) in [4.78, 5) is 0. The van der Waals surface area contributed by atoms with E-state index in [1.165, 1.54) is 12.8 Å². The Balaban J connectivity index is 1.46. The standard InChI is InChI=1S/C17H33N5O2/c1-11-4-5-18-10-23-9-12-7-19-8-16(20-12)17-14-6-13(24-11)2-3-15(14)21-22-17/h11-22H,2-10H2,1H3/t11-,12?,13?,14?,15?,16?,17?/m1/s1. The zero-order valence-electron chi connectivity index (χ0n) is 14.7. The molecular weight excluding hydrogens is 306 g/mol. The molecule has 5 N–H and O–H groups in total. The molecule has 1 saturated carbocycles. The highest BCUT2D eigenvalue weighted by Gasteiger charge is 2.45. The second-order valence-corrected chi connectivity index (χ2v) is 7.90. The van der Waals surface area contributed by atoms with Crippen LogP contribution >= 0.6 is 0 Å². The van der Waals surface area contributed by atoms with Crippen LogP contribution in [0.4, 0.5) is 0 Å². The van der Waals surface area contributed by atoms with Gasteiger partial charge in [-0.05, 0) is 45.1 Å². The Kier molecular flexibility index (Phi) is 5.68. The summed E-state index contributed by atoms with van der Waals surface area (Å²) in [5.74, 6) is 0.637. The van der Waals surface area contributed by atoms with Crippen LogP contribution in [-0.4, -0.2) is 69.3 Å². The van der Waals surface area contributed by atoms with E-state index in [0.29, 0.717) is 49.0 Å². The van der Waals surface area contributed by atoms with Gasteiger partial charge in [0, 0.05) is 37.3 Å². The Bertz CT molecular complexity index is 412. The van der Waals surface area contributed by atoms with E-state index < -0.39 is 0 Å². The maximum atomic E-state index is 6.35. The van der Waals surface area contributed by atoms with E-state index in [9.17, 15) is 0 Å². The molecule has 0 aromatic rings. The van der Waals surface area contributed by atoms with Gasteiger partial charge in [0.25, 0.3) is 0 Å². The summed E-state index contributed by atoms with van der Waals surface area (Å²) in [7, 11) is 0. The molecule has 0 spiro atoms. The van der Waals surface area contributed by atoms with Crippen LogP contribution in [0.1, 0.15) is 32.6 Å². The van der Waals surface area contributed by atoms with Crippen molar-refractivity contribution < 1.29 is 9.47 Å². The van der Waals surface area contributed by atoms with Gasteiger partial charge < -0.3 is 20.1 Å². The van der Waals surface area contributed by atoms with Gasteiger partial charge in [0.05, 0.1) is 25.5 Å². The second-order valence-electron chi connectivity index (χ2n) is 7.90. The average molecular weight is 339 g/mol. The second kappa shape index (κ2) is 7.95. The van der Waals surface area contributed by atoms with E-state index in [1.807, 2.05) is 0 Å². The van der Waals surface area contributed by atoms with Gasteiger partial charge in [-0.3, -0.25) is 16.2 Å². The molecule has 0 aromatic carbocycles. The Morgan fingerprint density at radius 3 is 2.88 bits per heavy atom. The molecule has 0 amide bonds. The molecule has 4 aliphatic rings. The van der Waals surface area contributed by atoms with E-state index in [4.69, 9.17) is 9.47 Å². The Labute approximate surface area is 145 Å². The lowest BCUT2D eigenvalue weighted by atomic mass is 9.77. The first-order valence-electron chi connectivity index (χ1n) is 9.71. The summed E-state index contributed by atoms with van der Waals surface area (Å²) < 4.78 is 12.2.